The number of benzene rings is 8. The van der Waals surface area contributed by atoms with Gasteiger partial charge in [0.1, 0.15) is 23.3 Å². The molecule has 92 heavy (non-hydrogen) atoms. The van der Waals surface area contributed by atoms with Crippen molar-refractivity contribution >= 4 is 67.6 Å². The Kier molecular flexibility index (Phi) is 19.3. The number of unbranched alkanes of at least 4 members (excludes halogenated alkanes) is 8. The van der Waals surface area contributed by atoms with Gasteiger partial charge < -0.3 is 45.7 Å². The van der Waals surface area contributed by atoms with Gasteiger partial charge >= 0.3 is 0 Å². The van der Waals surface area contributed by atoms with Crippen LogP contribution in [0.5, 0.6) is 0 Å². The Balaban J connectivity index is 0.526. The van der Waals surface area contributed by atoms with Gasteiger partial charge in [0.05, 0.1) is 44.1 Å². The van der Waals surface area contributed by atoms with Crippen molar-refractivity contribution in [3.05, 3.63) is 192 Å². The number of hydrogen-bond donors (Lipinski definition) is 7. The standard InChI is InChI=1S/C75H77N13O4/c1-87(2)42-40-77-74(91)54-27-21-51(22-28-54)71-81-62-37-32-57(45-66(62)85-71)56-31-35-60-64(44-56)83-69(79-60)49-17-15-48(16-18-49)68(89)14-12-10-8-6-5-7-9-11-13-39-76-73(90)53-25-19-50(20-26-53)70-80-61-36-33-58(46-65(61)84-70)59-34-38-63-67(47-59)86-72(82-63)52-23-29-55(30-24-52)75(92)78-41-43-88(3)4/h15-38,44-47H,5-14,39-43H2,1-4H3,(H,76,90)(H,77,91)(H,78,92)(H,79,83)(H,80,84)(H,81,85)(H,82,86). The molecular weight excluding hydrogens is 1150 g/mol. The third kappa shape index (κ3) is 15.1. The Morgan fingerprint density at radius 3 is 0.880 bits per heavy atom. The molecule has 0 fully saturated rings. The minimum absolute atomic E-state index is 0.0772. The maximum Gasteiger partial charge on any atom is 0.251 e. The zero-order chi connectivity index (χ0) is 63.5. The number of nitrogens with zero attached hydrogens (tertiary/aromatic N) is 6. The van der Waals surface area contributed by atoms with E-state index in [1.54, 1.807) is 0 Å². The van der Waals surface area contributed by atoms with Crippen LogP contribution in [0.2, 0.25) is 0 Å². The molecule has 12 rings (SSSR count). The monoisotopic (exact) mass is 1220 g/mol. The van der Waals surface area contributed by atoms with Gasteiger partial charge in [-0.05, 0) is 148 Å². The molecule has 0 unspecified atom stereocenters. The zero-order valence-electron chi connectivity index (χ0n) is 52.6. The Bertz CT molecular complexity index is 4270. The molecule has 4 aromatic heterocycles. The number of Topliss-reactive ketones (excluding diaryl/α,β-unsaturated/α-hetero) is 1. The number of likely N-dealkylation sites (N-methyl/N-ethyl adjacent to an activating group) is 2. The molecule has 0 saturated carbocycles. The van der Waals surface area contributed by atoms with E-state index < -0.39 is 0 Å². The number of aromatic amines is 4. The Labute approximate surface area is 534 Å². The first-order chi connectivity index (χ1) is 44.8. The molecule has 466 valence electrons. The molecule has 0 radical (unpaired) electrons. The first-order valence-corrected chi connectivity index (χ1v) is 31.9. The molecule has 0 saturated heterocycles. The minimum Gasteiger partial charge on any atom is -0.352 e. The van der Waals surface area contributed by atoms with Crippen molar-refractivity contribution in [3.63, 3.8) is 0 Å². The third-order valence-electron chi connectivity index (χ3n) is 16.9. The molecule has 0 aliphatic carbocycles. The molecule has 17 nitrogen and oxygen atoms in total. The number of fused-ring (bicyclic) bond motifs is 4. The van der Waals surface area contributed by atoms with Crippen LogP contribution in [-0.2, 0) is 0 Å². The lowest BCUT2D eigenvalue weighted by molar-refractivity contribution is 0.0942. The predicted octanol–water partition coefficient (Wildman–Crippen LogP) is 14.3. The normalized spacial score (nSPS) is 11.6. The SMILES string of the molecule is CN(C)CCNC(=O)c1ccc(-c2nc3cc(-c4ccc5[nH]c(-c6ccc(C(=O)CCCCCCCCCCCNC(=O)c7ccc(-c8nc9cc(-c%10ccc%11[nH]c(-c%12ccc(C(=O)NCCN(C)C)cc%12)nc%11c%10)ccc9[nH]8)cc7)cc6)nc5c4)ccc3[nH]2)cc1. The average molecular weight is 1220 g/mol. The van der Waals surface area contributed by atoms with Crippen LogP contribution in [0.25, 0.3) is 112 Å². The van der Waals surface area contributed by atoms with Crippen molar-refractivity contribution in [2.45, 2.75) is 64.2 Å². The Morgan fingerprint density at radius 1 is 0.315 bits per heavy atom. The predicted molar refractivity (Wildman–Crippen MR) is 369 cm³/mol. The van der Waals surface area contributed by atoms with Gasteiger partial charge in [0.25, 0.3) is 17.7 Å². The highest BCUT2D eigenvalue weighted by molar-refractivity contribution is 5.98. The van der Waals surface area contributed by atoms with Crippen molar-refractivity contribution in [2.24, 2.45) is 0 Å². The lowest BCUT2D eigenvalue weighted by Crippen LogP contribution is -2.31. The second-order valence-electron chi connectivity index (χ2n) is 24.3. The van der Waals surface area contributed by atoms with Crippen molar-refractivity contribution in [1.82, 2.24) is 65.6 Å². The highest BCUT2D eigenvalue weighted by Gasteiger charge is 2.16. The molecule has 0 aliphatic heterocycles. The summed E-state index contributed by atoms with van der Waals surface area (Å²) in [5.74, 6) is 2.86. The van der Waals surface area contributed by atoms with Gasteiger partial charge in [-0.3, -0.25) is 19.2 Å². The molecule has 0 aliphatic rings. The van der Waals surface area contributed by atoms with Gasteiger partial charge in [-0.25, -0.2) is 19.9 Å². The lowest BCUT2D eigenvalue weighted by Gasteiger charge is -2.10. The van der Waals surface area contributed by atoms with Crippen LogP contribution >= 0.6 is 0 Å². The van der Waals surface area contributed by atoms with Gasteiger partial charge in [0.2, 0.25) is 0 Å². The van der Waals surface area contributed by atoms with Crippen LogP contribution in [0, 0.1) is 0 Å². The van der Waals surface area contributed by atoms with E-state index in [1.807, 2.05) is 159 Å². The summed E-state index contributed by atoms with van der Waals surface area (Å²) in [6, 6.07) is 55.1. The molecule has 12 aromatic rings. The number of imidazole rings is 4. The Hall–Kier alpha value is -10.4. The average Bonchev–Trinajstić information content (AvgIpc) is 1.77. The quantitative estimate of drug-likeness (QED) is 0.0181. The van der Waals surface area contributed by atoms with E-state index in [0.717, 1.165) is 176 Å². The summed E-state index contributed by atoms with van der Waals surface area (Å²) in [6.45, 7) is 3.37. The summed E-state index contributed by atoms with van der Waals surface area (Å²) in [6.07, 6.45) is 10.2. The number of rotatable bonds is 28. The summed E-state index contributed by atoms with van der Waals surface area (Å²) in [4.78, 5) is 88.9. The van der Waals surface area contributed by atoms with E-state index in [-0.39, 0.29) is 23.5 Å². The van der Waals surface area contributed by atoms with Crippen molar-refractivity contribution in [1.29, 1.82) is 0 Å². The maximum absolute atomic E-state index is 13.2. The van der Waals surface area contributed by atoms with E-state index in [0.29, 0.717) is 42.7 Å². The highest BCUT2D eigenvalue weighted by atomic mass is 16.2. The van der Waals surface area contributed by atoms with Gasteiger partial charge in [0, 0.05) is 83.7 Å². The fraction of sp³-hybridized carbons (Fsp3) is 0.253. The van der Waals surface area contributed by atoms with Gasteiger partial charge in [0.15, 0.2) is 5.78 Å². The number of ketones is 1. The van der Waals surface area contributed by atoms with E-state index in [4.69, 9.17) is 19.9 Å². The zero-order valence-corrected chi connectivity index (χ0v) is 52.6. The number of aromatic nitrogens is 8. The number of H-pyrrole nitrogens is 4. The van der Waals surface area contributed by atoms with Crippen molar-refractivity contribution < 1.29 is 19.2 Å². The summed E-state index contributed by atoms with van der Waals surface area (Å²) in [5.41, 5.74) is 17.4. The summed E-state index contributed by atoms with van der Waals surface area (Å²) in [7, 11) is 7.91. The van der Waals surface area contributed by atoms with Crippen LogP contribution in [0.3, 0.4) is 0 Å². The summed E-state index contributed by atoms with van der Waals surface area (Å²) in [5, 5.41) is 9.01. The van der Waals surface area contributed by atoms with Crippen LogP contribution in [0.1, 0.15) is 106 Å². The van der Waals surface area contributed by atoms with Crippen LogP contribution in [0.4, 0.5) is 0 Å². The molecule has 0 spiro atoms. The molecule has 8 aromatic carbocycles. The molecule has 7 N–H and O–H groups in total. The number of carbonyl (C=O) groups excluding carboxylic acids is 4. The van der Waals surface area contributed by atoms with Crippen LogP contribution < -0.4 is 16.0 Å². The number of hydrogen-bond acceptors (Lipinski definition) is 10. The third-order valence-corrected chi connectivity index (χ3v) is 16.9. The van der Waals surface area contributed by atoms with Crippen molar-refractivity contribution in [2.75, 3.05) is 60.9 Å². The fourth-order valence-electron chi connectivity index (χ4n) is 11.5. The van der Waals surface area contributed by atoms with E-state index in [2.05, 4.69) is 84.4 Å². The first kappa shape index (κ1) is 61.9. The first-order valence-electron chi connectivity index (χ1n) is 31.9. The molecule has 3 amide bonds. The minimum atomic E-state index is -0.0944. The van der Waals surface area contributed by atoms with Crippen molar-refractivity contribution in [3.8, 4) is 67.8 Å². The van der Waals surface area contributed by atoms with Crippen LogP contribution in [0.15, 0.2) is 170 Å². The number of carbonyl (C=O) groups is 4. The second-order valence-corrected chi connectivity index (χ2v) is 24.3. The highest BCUT2D eigenvalue weighted by Crippen LogP contribution is 2.32. The van der Waals surface area contributed by atoms with Gasteiger partial charge in [-0.2, -0.15) is 0 Å². The molecule has 17 heteroatoms. The summed E-state index contributed by atoms with van der Waals surface area (Å²) < 4.78 is 0. The van der Waals surface area contributed by atoms with Gasteiger partial charge in [-0.15, -0.1) is 0 Å². The number of amides is 3. The number of nitrogens with one attached hydrogen (secondary N) is 7. The van der Waals surface area contributed by atoms with Gasteiger partial charge in [-0.1, -0.05) is 130 Å². The van der Waals surface area contributed by atoms with Crippen LogP contribution in [-0.4, -0.2) is 134 Å². The molecule has 0 bridgehead atoms. The molecule has 0 atom stereocenters. The van der Waals surface area contributed by atoms with E-state index >= 15 is 0 Å². The maximum atomic E-state index is 13.2. The van der Waals surface area contributed by atoms with E-state index in [1.165, 1.54) is 12.8 Å². The largest absolute Gasteiger partial charge is 0.352 e. The molecular formula is C75H77N13O4. The topological polar surface area (TPSA) is 226 Å². The molecule has 4 heterocycles. The Morgan fingerprint density at radius 2 is 0.576 bits per heavy atom. The smallest absolute Gasteiger partial charge is 0.251 e. The summed E-state index contributed by atoms with van der Waals surface area (Å²) >= 11 is 0. The lowest BCUT2D eigenvalue weighted by atomic mass is 10.0. The second kappa shape index (κ2) is 28.6. The fourth-order valence-corrected chi connectivity index (χ4v) is 11.5. The van der Waals surface area contributed by atoms with E-state index in [9.17, 15) is 19.2 Å².